The van der Waals surface area contributed by atoms with Crippen LogP contribution in [0, 0.1) is 5.92 Å². The van der Waals surface area contributed by atoms with Crippen molar-refractivity contribution in [1.29, 1.82) is 0 Å². The Morgan fingerprint density at radius 1 is 1.47 bits per heavy atom. The molecule has 0 saturated carbocycles. The highest BCUT2D eigenvalue weighted by Crippen LogP contribution is 2.34. The minimum Gasteiger partial charge on any atom is -0.480 e. The van der Waals surface area contributed by atoms with Gasteiger partial charge in [0.2, 0.25) is 0 Å². The predicted molar refractivity (Wildman–Crippen MR) is 72.1 cm³/mol. The summed E-state index contributed by atoms with van der Waals surface area (Å²) in [4.78, 5) is 25.1. The molecule has 0 bridgehead atoms. The first kappa shape index (κ1) is 14.5. The molecule has 0 spiro atoms. The van der Waals surface area contributed by atoms with E-state index in [0.29, 0.717) is 19.0 Å². The minimum absolute atomic E-state index is 0.000331. The Bertz CT molecular complexity index is 358. The van der Waals surface area contributed by atoms with Crippen LogP contribution in [0.2, 0.25) is 0 Å². The van der Waals surface area contributed by atoms with Crippen molar-refractivity contribution < 1.29 is 19.4 Å². The van der Waals surface area contributed by atoms with Crippen molar-refractivity contribution in [3.63, 3.8) is 0 Å². The van der Waals surface area contributed by atoms with E-state index < -0.39 is 12.0 Å². The number of nitrogens with zero attached hydrogens (tertiary/aromatic N) is 1. The molecule has 0 aromatic carbocycles. The van der Waals surface area contributed by atoms with Gasteiger partial charge in [0.05, 0.1) is 18.0 Å². The maximum Gasteiger partial charge on any atom is 0.327 e. The number of carboxylic acid groups (broad SMARTS) is 1. The van der Waals surface area contributed by atoms with Crippen molar-refractivity contribution in [3.05, 3.63) is 0 Å². The molecule has 3 unspecified atom stereocenters. The molecule has 2 amide bonds. The van der Waals surface area contributed by atoms with E-state index in [2.05, 4.69) is 5.32 Å². The molecule has 2 N–H and O–H groups in total. The SMILES string of the molecule is CC(C)C1SCC(C(=O)O)N1C(=O)NC1CCOC1. The summed E-state index contributed by atoms with van der Waals surface area (Å²) >= 11 is 1.53. The third-order valence-corrected chi connectivity index (χ3v) is 5.00. The van der Waals surface area contributed by atoms with Crippen LogP contribution in [0.5, 0.6) is 0 Å². The van der Waals surface area contributed by atoms with Crippen LogP contribution in [0.3, 0.4) is 0 Å². The largest absolute Gasteiger partial charge is 0.480 e. The van der Waals surface area contributed by atoms with Crippen LogP contribution >= 0.6 is 11.8 Å². The number of urea groups is 1. The van der Waals surface area contributed by atoms with Gasteiger partial charge in [0.1, 0.15) is 6.04 Å². The van der Waals surface area contributed by atoms with Crippen molar-refractivity contribution in [2.75, 3.05) is 19.0 Å². The second-order valence-corrected chi connectivity index (χ2v) is 6.39. The zero-order valence-corrected chi connectivity index (χ0v) is 12.0. The normalized spacial score (nSPS) is 30.9. The quantitative estimate of drug-likeness (QED) is 0.809. The zero-order valence-electron chi connectivity index (χ0n) is 11.2. The molecule has 2 saturated heterocycles. The van der Waals surface area contributed by atoms with Gasteiger partial charge in [0.25, 0.3) is 0 Å². The first-order chi connectivity index (χ1) is 9.00. The highest BCUT2D eigenvalue weighted by atomic mass is 32.2. The summed E-state index contributed by atoms with van der Waals surface area (Å²) in [7, 11) is 0. The average molecular weight is 288 g/mol. The van der Waals surface area contributed by atoms with Gasteiger partial charge < -0.3 is 15.2 Å². The number of hydrogen-bond donors (Lipinski definition) is 2. The monoisotopic (exact) mass is 288 g/mol. The molecule has 19 heavy (non-hydrogen) atoms. The molecule has 2 heterocycles. The molecular weight excluding hydrogens is 268 g/mol. The van der Waals surface area contributed by atoms with Gasteiger partial charge in [-0.05, 0) is 12.3 Å². The van der Waals surface area contributed by atoms with Gasteiger partial charge in [-0.1, -0.05) is 13.8 Å². The summed E-state index contributed by atoms with van der Waals surface area (Å²) in [5.74, 6) is -0.263. The number of ether oxygens (including phenoxy) is 1. The molecule has 0 radical (unpaired) electrons. The van der Waals surface area contributed by atoms with Crippen molar-refractivity contribution in [3.8, 4) is 0 Å². The van der Waals surface area contributed by atoms with Gasteiger partial charge in [-0.3, -0.25) is 4.90 Å². The molecule has 6 nitrogen and oxygen atoms in total. The first-order valence-electron chi connectivity index (χ1n) is 6.51. The molecule has 2 aliphatic rings. The molecule has 3 atom stereocenters. The smallest absolute Gasteiger partial charge is 0.327 e. The van der Waals surface area contributed by atoms with Gasteiger partial charge in [0, 0.05) is 12.4 Å². The van der Waals surface area contributed by atoms with E-state index in [0.717, 1.165) is 6.42 Å². The Balaban J connectivity index is 2.06. The Hall–Kier alpha value is -0.950. The Morgan fingerprint density at radius 3 is 2.74 bits per heavy atom. The number of nitrogens with one attached hydrogen (secondary N) is 1. The van der Waals surface area contributed by atoms with Crippen LogP contribution in [0.1, 0.15) is 20.3 Å². The van der Waals surface area contributed by atoms with E-state index >= 15 is 0 Å². The molecule has 7 heteroatoms. The zero-order chi connectivity index (χ0) is 14.0. The molecule has 108 valence electrons. The number of rotatable bonds is 3. The molecule has 0 aromatic heterocycles. The summed E-state index contributed by atoms with van der Waals surface area (Å²) in [6.45, 7) is 5.16. The lowest BCUT2D eigenvalue weighted by atomic mass is 10.1. The van der Waals surface area contributed by atoms with Gasteiger partial charge in [-0.15, -0.1) is 11.8 Å². The molecule has 2 fully saturated rings. The number of aliphatic carboxylic acids is 1. The predicted octanol–water partition coefficient (Wildman–Crippen LogP) is 0.969. The highest BCUT2D eigenvalue weighted by molar-refractivity contribution is 8.00. The number of thioether (sulfide) groups is 1. The number of carboxylic acids is 1. The third kappa shape index (κ3) is 3.14. The number of carbonyl (C=O) groups is 2. The van der Waals surface area contributed by atoms with Crippen LogP contribution in [0.15, 0.2) is 0 Å². The molecule has 0 aromatic rings. The van der Waals surface area contributed by atoms with Crippen LogP contribution in [0.4, 0.5) is 4.79 Å². The maximum atomic E-state index is 12.3. The number of hydrogen-bond acceptors (Lipinski definition) is 4. The first-order valence-corrected chi connectivity index (χ1v) is 7.56. The fourth-order valence-corrected chi connectivity index (χ4v) is 3.86. The Morgan fingerprint density at radius 2 is 2.21 bits per heavy atom. The minimum atomic E-state index is -0.937. The maximum absolute atomic E-state index is 12.3. The van der Waals surface area contributed by atoms with Crippen LogP contribution < -0.4 is 5.32 Å². The number of carbonyl (C=O) groups excluding carboxylic acids is 1. The molecule has 0 aliphatic carbocycles. The average Bonchev–Trinajstić information content (AvgIpc) is 2.95. The Kier molecular flexibility index (Phi) is 4.57. The van der Waals surface area contributed by atoms with Crippen LogP contribution in [-0.4, -0.2) is 58.4 Å². The molecule has 2 aliphatic heterocycles. The second-order valence-electron chi connectivity index (χ2n) is 5.24. The van der Waals surface area contributed by atoms with Crippen LogP contribution in [0.25, 0.3) is 0 Å². The molecular formula is C12H20N2O4S. The number of amides is 2. The Labute approximate surface area is 116 Å². The van der Waals surface area contributed by atoms with E-state index in [4.69, 9.17) is 4.74 Å². The van der Waals surface area contributed by atoms with Gasteiger partial charge in [-0.2, -0.15) is 0 Å². The summed E-state index contributed by atoms with van der Waals surface area (Å²) in [5, 5.41) is 12.0. The van der Waals surface area contributed by atoms with Gasteiger partial charge in [0.15, 0.2) is 0 Å². The third-order valence-electron chi connectivity index (χ3n) is 3.38. The van der Waals surface area contributed by atoms with Crippen molar-refractivity contribution in [2.24, 2.45) is 5.92 Å². The van der Waals surface area contributed by atoms with E-state index in [1.54, 1.807) is 0 Å². The molecule has 2 rings (SSSR count). The lowest BCUT2D eigenvalue weighted by Crippen LogP contribution is -2.53. The topological polar surface area (TPSA) is 78.9 Å². The van der Waals surface area contributed by atoms with Crippen molar-refractivity contribution >= 4 is 23.8 Å². The summed E-state index contributed by atoms with van der Waals surface area (Å²) in [5.41, 5.74) is 0. The van der Waals surface area contributed by atoms with E-state index in [-0.39, 0.29) is 23.4 Å². The van der Waals surface area contributed by atoms with Gasteiger partial charge in [-0.25, -0.2) is 9.59 Å². The van der Waals surface area contributed by atoms with Crippen molar-refractivity contribution in [1.82, 2.24) is 10.2 Å². The van der Waals surface area contributed by atoms with E-state index in [1.165, 1.54) is 16.7 Å². The summed E-state index contributed by atoms with van der Waals surface area (Å²) < 4.78 is 5.21. The fraction of sp³-hybridized carbons (Fsp3) is 0.833. The van der Waals surface area contributed by atoms with Gasteiger partial charge >= 0.3 is 12.0 Å². The van der Waals surface area contributed by atoms with E-state index in [1.807, 2.05) is 13.8 Å². The lowest BCUT2D eigenvalue weighted by molar-refractivity contribution is -0.141. The standard InChI is InChI=1S/C12H20N2O4S/c1-7(2)10-14(9(6-19-10)11(15)16)12(17)13-8-3-4-18-5-8/h7-10H,3-6H2,1-2H3,(H,13,17)(H,15,16). The summed E-state index contributed by atoms with van der Waals surface area (Å²) in [6.07, 6.45) is 0.788. The lowest BCUT2D eigenvalue weighted by Gasteiger charge is -2.30. The fourth-order valence-electron chi connectivity index (χ4n) is 2.39. The summed E-state index contributed by atoms with van der Waals surface area (Å²) in [6, 6.07) is -1.02. The van der Waals surface area contributed by atoms with Crippen LogP contribution in [-0.2, 0) is 9.53 Å². The highest BCUT2D eigenvalue weighted by Gasteiger charge is 2.43. The van der Waals surface area contributed by atoms with Crippen molar-refractivity contribution in [2.45, 2.75) is 37.7 Å². The van der Waals surface area contributed by atoms with E-state index in [9.17, 15) is 14.7 Å². The second kappa shape index (κ2) is 6.00.